The van der Waals surface area contributed by atoms with Crippen LogP contribution >= 0.6 is 0 Å². The number of fused-ring (bicyclic) bond motifs is 1. The number of hydrogen-bond donors (Lipinski definition) is 1. The highest BCUT2D eigenvalue weighted by Crippen LogP contribution is 2.40. The molecule has 0 fully saturated rings. The molecular weight excluding hydrogens is 340 g/mol. The van der Waals surface area contributed by atoms with Crippen LogP contribution in [0, 0.1) is 11.8 Å². The predicted octanol–water partition coefficient (Wildman–Crippen LogP) is 1.69. The van der Waals surface area contributed by atoms with Gasteiger partial charge < -0.3 is 19.3 Å². The summed E-state index contributed by atoms with van der Waals surface area (Å²) in [5, 5.41) is 9.48. The third kappa shape index (κ3) is 4.52. The molecule has 0 spiro atoms. The number of esters is 3. The molecule has 0 aromatic carbocycles. The molecule has 4 atom stereocenters. The first kappa shape index (κ1) is 20.2. The first-order valence-electron chi connectivity index (χ1n) is 8.78. The average Bonchev–Trinajstić information content (AvgIpc) is 2.74. The number of rotatable bonds is 6. The Kier molecular flexibility index (Phi) is 6.58. The van der Waals surface area contributed by atoms with Gasteiger partial charge >= 0.3 is 17.9 Å². The van der Waals surface area contributed by atoms with Crippen molar-refractivity contribution in [1.29, 1.82) is 0 Å². The molecule has 1 heterocycles. The lowest BCUT2D eigenvalue weighted by molar-refractivity contribution is -0.151. The van der Waals surface area contributed by atoms with Gasteiger partial charge in [0.25, 0.3) is 0 Å². The Morgan fingerprint density at radius 1 is 1.35 bits per heavy atom. The third-order valence-electron chi connectivity index (χ3n) is 4.88. The van der Waals surface area contributed by atoms with Crippen molar-refractivity contribution in [3.63, 3.8) is 0 Å². The van der Waals surface area contributed by atoms with Gasteiger partial charge in [-0.3, -0.25) is 9.59 Å². The van der Waals surface area contributed by atoms with Crippen LogP contribution in [0.2, 0.25) is 0 Å². The second kappa shape index (κ2) is 8.49. The van der Waals surface area contributed by atoms with E-state index in [4.69, 9.17) is 14.2 Å². The highest BCUT2D eigenvalue weighted by molar-refractivity contribution is 5.93. The van der Waals surface area contributed by atoms with Crippen LogP contribution in [0.25, 0.3) is 0 Å². The summed E-state index contributed by atoms with van der Waals surface area (Å²) in [5.41, 5.74) is 1.92. The summed E-state index contributed by atoms with van der Waals surface area (Å²) in [5.74, 6) is -1.31. The zero-order chi connectivity index (χ0) is 19.4. The molecule has 0 aromatic rings. The van der Waals surface area contributed by atoms with Crippen LogP contribution in [0.1, 0.15) is 40.5 Å². The molecule has 2 aliphatic rings. The van der Waals surface area contributed by atoms with Crippen LogP contribution in [0.4, 0.5) is 0 Å². The minimum absolute atomic E-state index is 0.0567. The number of ether oxygens (including phenoxy) is 3. The van der Waals surface area contributed by atoms with Gasteiger partial charge in [0, 0.05) is 31.8 Å². The first-order valence-corrected chi connectivity index (χ1v) is 8.78. The van der Waals surface area contributed by atoms with E-state index in [1.54, 1.807) is 0 Å². The molecule has 1 aliphatic carbocycles. The van der Waals surface area contributed by atoms with Crippen molar-refractivity contribution >= 4 is 17.9 Å². The van der Waals surface area contributed by atoms with E-state index in [2.05, 4.69) is 0 Å². The van der Waals surface area contributed by atoms with Gasteiger partial charge in [-0.25, -0.2) is 4.79 Å². The van der Waals surface area contributed by atoms with E-state index < -0.39 is 24.1 Å². The van der Waals surface area contributed by atoms with Crippen LogP contribution in [0.15, 0.2) is 22.8 Å². The lowest BCUT2D eigenvalue weighted by atomic mass is 9.81. The molecule has 0 saturated heterocycles. The SMILES string of the molecule is CC(=O)OCCC(OC(C)=O)C1C(C)=CC2=C(CO)C(=O)OC2CC1C. The molecule has 0 aromatic heterocycles. The van der Waals surface area contributed by atoms with Gasteiger partial charge in [-0.15, -0.1) is 0 Å². The maximum atomic E-state index is 11.9. The lowest BCUT2D eigenvalue weighted by Gasteiger charge is -2.31. The number of carbonyl (C=O) groups is 3. The number of hydrogen-bond acceptors (Lipinski definition) is 7. The Balaban J connectivity index is 2.30. The quantitative estimate of drug-likeness (QED) is 0.564. The largest absolute Gasteiger partial charge is 0.466 e. The highest BCUT2D eigenvalue weighted by Gasteiger charge is 2.40. The molecule has 2 rings (SSSR count). The number of aliphatic hydroxyl groups is 1. The van der Waals surface area contributed by atoms with Gasteiger partial charge in [-0.2, -0.15) is 0 Å². The fourth-order valence-corrected chi connectivity index (χ4v) is 3.86. The molecular formula is C19H26O7. The molecule has 144 valence electrons. The molecule has 0 amide bonds. The molecule has 4 unspecified atom stereocenters. The normalized spacial score (nSPS) is 26.4. The summed E-state index contributed by atoms with van der Waals surface area (Å²) in [7, 11) is 0. The number of aliphatic hydroxyl groups excluding tert-OH is 1. The van der Waals surface area contributed by atoms with E-state index in [9.17, 15) is 19.5 Å². The number of carbonyl (C=O) groups excluding carboxylic acids is 3. The van der Waals surface area contributed by atoms with Gasteiger partial charge in [0.2, 0.25) is 0 Å². The molecule has 26 heavy (non-hydrogen) atoms. The van der Waals surface area contributed by atoms with Crippen molar-refractivity contribution in [3.05, 3.63) is 22.8 Å². The zero-order valence-corrected chi connectivity index (χ0v) is 15.6. The molecule has 7 nitrogen and oxygen atoms in total. The van der Waals surface area contributed by atoms with Crippen LogP contribution in [0.5, 0.6) is 0 Å². The van der Waals surface area contributed by atoms with Crippen LogP contribution in [-0.2, 0) is 28.6 Å². The Labute approximate surface area is 153 Å². The van der Waals surface area contributed by atoms with Crippen molar-refractivity contribution in [2.75, 3.05) is 13.2 Å². The van der Waals surface area contributed by atoms with Gasteiger partial charge in [-0.05, 0) is 19.3 Å². The van der Waals surface area contributed by atoms with Crippen molar-refractivity contribution in [1.82, 2.24) is 0 Å². The zero-order valence-electron chi connectivity index (χ0n) is 15.6. The van der Waals surface area contributed by atoms with Crippen LogP contribution in [0.3, 0.4) is 0 Å². The van der Waals surface area contributed by atoms with Gasteiger partial charge in [0.05, 0.1) is 18.8 Å². The topological polar surface area (TPSA) is 99.1 Å². The van der Waals surface area contributed by atoms with Gasteiger partial charge in [-0.1, -0.05) is 18.6 Å². The monoisotopic (exact) mass is 366 g/mol. The van der Waals surface area contributed by atoms with E-state index in [0.29, 0.717) is 18.4 Å². The van der Waals surface area contributed by atoms with E-state index >= 15 is 0 Å². The predicted molar refractivity (Wildman–Crippen MR) is 91.8 cm³/mol. The van der Waals surface area contributed by atoms with Crippen molar-refractivity contribution in [2.45, 2.75) is 52.7 Å². The summed E-state index contributed by atoms with van der Waals surface area (Å²) in [6, 6.07) is 0. The molecule has 1 N–H and O–H groups in total. The summed E-state index contributed by atoms with van der Waals surface area (Å²) in [6.45, 7) is 6.40. The van der Waals surface area contributed by atoms with Crippen LogP contribution in [-0.4, -0.2) is 48.4 Å². The fourth-order valence-electron chi connectivity index (χ4n) is 3.86. The standard InChI is InChI=1S/C19H26O7/c1-10-7-14-15(9-20)19(23)26-17(14)8-11(2)18(10)16(25-13(4)22)5-6-24-12(3)21/h7,11,16-18,20H,5-6,8-9H2,1-4H3. The first-order chi connectivity index (χ1) is 12.2. The van der Waals surface area contributed by atoms with E-state index in [0.717, 1.165) is 5.57 Å². The van der Waals surface area contributed by atoms with E-state index in [1.165, 1.54) is 13.8 Å². The smallest absolute Gasteiger partial charge is 0.337 e. The Bertz CT molecular complexity index is 646. The molecule has 0 radical (unpaired) electrons. The second-order valence-corrected chi connectivity index (χ2v) is 6.89. The van der Waals surface area contributed by atoms with Crippen LogP contribution < -0.4 is 0 Å². The average molecular weight is 366 g/mol. The molecule has 0 saturated carbocycles. The third-order valence-corrected chi connectivity index (χ3v) is 4.88. The molecule has 0 bridgehead atoms. The molecule has 7 heteroatoms. The maximum Gasteiger partial charge on any atom is 0.337 e. The highest BCUT2D eigenvalue weighted by atomic mass is 16.6. The fraction of sp³-hybridized carbons (Fsp3) is 0.632. The van der Waals surface area contributed by atoms with Crippen molar-refractivity contribution in [3.8, 4) is 0 Å². The summed E-state index contributed by atoms with van der Waals surface area (Å²) < 4.78 is 15.9. The molecule has 1 aliphatic heterocycles. The Morgan fingerprint density at radius 2 is 2.04 bits per heavy atom. The Morgan fingerprint density at radius 3 is 2.62 bits per heavy atom. The van der Waals surface area contributed by atoms with Gasteiger partial charge in [0.1, 0.15) is 12.2 Å². The minimum Gasteiger partial charge on any atom is -0.466 e. The summed E-state index contributed by atoms with van der Waals surface area (Å²) >= 11 is 0. The summed E-state index contributed by atoms with van der Waals surface area (Å²) in [6.07, 6.45) is 1.96. The van der Waals surface area contributed by atoms with E-state index in [-0.39, 0.29) is 36.6 Å². The van der Waals surface area contributed by atoms with Crippen molar-refractivity contribution < 1.29 is 33.7 Å². The minimum atomic E-state index is -0.478. The Hall–Kier alpha value is -2.15. The van der Waals surface area contributed by atoms with Crippen molar-refractivity contribution in [2.24, 2.45) is 11.8 Å². The summed E-state index contributed by atoms with van der Waals surface area (Å²) in [4.78, 5) is 34.5. The lowest BCUT2D eigenvalue weighted by Crippen LogP contribution is -2.33. The van der Waals surface area contributed by atoms with Gasteiger partial charge in [0.15, 0.2) is 0 Å². The second-order valence-electron chi connectivity index (χ2n) is 6.89. The maximum absolute atomic E-state index is 11.9. The van der Waals surface area contributed by atoms with E-state index in [1.807, 2.05) is 19.9 Å².